The van der Waals surface area contributed by atoms with E-state index in [2.05, 4.69) is 10.0 Å². The number of nitrogens with two attached hydrogens (primary N) is 2. The second kappa shape index (κ2) is 10.9. The molecule has 4 rings (SSSR count). The molecule has 0 heterocycles. The van der Waals surface area contributed by atoms with E-state index in [0.29, 0.717) is 37.0 Å². The normalized spacial score (nSPS) is 28.6. The summed E-state index contributed by atoms with van der Waals surface area (Å²) in [6, 6.07) is 6.39. The number of nitrogens with one attached hydrogen (secondary N) is 2. The van der Waals surface area contributed by atoms with Crippen molar-refractivity contribution in [2.45, 2.75) is 99.9 Å². The molecule has 2 bridgehead atoms. The van der Waals surface area contributed by atoms with Crippen LogP contribution in [0.25, 0.3) is 0 Å². The van der Waals surface area contributed by atoms with Gasteiger partial charge < -0.3 is 16.8 Å². The Morgan fingerprint density at radius 1 is 1.00 bits per heavy atom. The highest BCUT2D eigenvalue weighted by molar-refractivity contribution is 7.89. The number of benzene rings is 1. The van der Waals surface area contributed by atoms with E-state index >= 15 is 0 Å². The fraction of sp³-hybridized carbons (Fsp3) is 0.692. The summed E-state index contributed by atoms with van der Waals surface area (Å²) in [6.07, 6.45) is 11.1. The number of fused-ring (bicyclic) bond motifs is 3. The zero-order valence-electron chi connectivity index (χ0n) is 20.5. The molecule has 3 aliphatic rings. The molecule has 1 aromatic carbocycles. The van der Waals surface area contributed by atoms with E-state index in [1.165, 1.54) is 6.07 Å². The lowest BCUT2D eigenvalue weighted by atomic mass is 9.80. The zero-order valence-corrected chi connectivity index (χ0v) is 21.3. The van der Waals surface area contributed by atoms with E-state index < -0.39 is 15.6 Å². The molecule has 3 aliphatic carbocycles. The number of primary amides is 1. The quantitative estimate of drug-likeness (QED) is 0.402. The van der Waals surface area contributed by atoms with Gasteiger partial charge in [0.05, 0.1) is 5.69 Å². The summed E-state index contributed by atoms with van der Waals surface area (Å²) in [4.78, 5) is 25.2. The summed E-state index contributed by atoms with van der Waals surface area (Å²) in [5, 5.41) is 3.33. The minimum absolute atomic E-state index is 0.0142. The van der Waals surface area contributed by atoms with Gasteiger partial charge in [-0.05, 0) is 74.8 Å². The highest BCUT2D eigenvalue weighted by Crippen LogP contribution is 2.42. The predicted octanol–water partition coefficient (Wildman–Crippen LogP) is 3.22. The maximum absolute atomic E-state index is 13.8. The Balaban J connectivity index is 1.52. The number of nitrogen functional groups attached to an aromatic ring is 1. The van der Waals surface area contributed by atoms with Gasteiger partial charge in [0.15, 0.2) is 0 Å². The van der Waals surface area contributed by atoms with E-state index in [9.17, 15) is 18.0 Å². The first kappa shape index (κ1) is 25.9. The molecule has 3 saturated carbocycles. The van der Waals surface area contributed by atoms with Crippen molar-refractivity contribution >= 4 is 27.5 Å². The molecule has 0 aliphatic heterocycles. The summed E-state index contributed by atoms with van der Waals surface area (Å²) < 4.78 is 29.4. The van der Waals surface area contributed by atoms with Gasteiger partial charge in [-0.15, -0.1) is 0 Å². The molecule has 3 unspecified atom stereocenters. The average molecular weight is 505 g/mol. The van der Waals surface area contributed by atoms with E-state index in [0.717, 1.165) is 64.2 Å². The number of rotatable bonds is 8. The number of para-hydroxylation sites is 1. The third kappa shape index (κ3) is 6.17. The second-order valence-corrected chi connectivity index (χ2v) is 12.7. The summed E-state index contributed by atoms with van der Waals surface area (Å²) in [5.41, 5.74) is 10.4. The molecule has 0 spiro atoms. The first-order valence-electron chi connectivity index (χ1n) is 13.2. The van der Waals surface area contributed by atoms with Gasteiger partial charge in [-0.2, -0.15) is 4.72 Å². The molecule has 0 aromatic heterocycles. The van der Waals surface area contributed by atoms with E-state index in [4.69, 9.17) is 11.5 Å². The predicted molar refractivity (Wildman–Crippen MR) is 136 cm³/mol. The maximum Gasteiger partial charge on any atom is 0.243 e. The zero-order chi connectivity index (χ0) is 25.1. The number of hydrogen-bond donors (Lipinski definition) is 4. The van der Waals surface area contributed by atoms with Gasteiger partial charge >= 0.3 is 0 Å². The van der Waals surface area contributed by atoms with Crippen LogP contribution in [0.5, 0.6) is 0 Å². The van der Waals surface area contributed by atoms with Crippen molar-refractivity contribution in [3.63, 3.8) is 0 Å². The lowest BCUT2D eigenvalue weighted by Gasteiger charge is -2.38. The van der Waals surface area contributed by atoms with Crippen LogP contribution in [0.15, 0.2) is 29.2 Å². The molecule has 0 saturated heterocycles. The number of sulfonamides is 1. The molecular weight excluding hydrogens is 464 g/mol. The average Bonchev–Trinajstić information content (AvgIpc) is 3.08. The Morgan fingerprint density at radius 3 is 2.46 bits per heavy atom. The van der Waals surface area contributed by atoms with Crippen molar-refractivity contribution < 1.29 is 18.0 Å². The van der Waals surface area contributed by atoms with Gasteiger partial charge in [0, 0.05) is 12.5 Å². The van der Waals surface area contributed by atoms with Crippen molar-refractivity contribution in [2.24, 2.45) is 23.5 Å². The Labute approximate surface area is 209 Å². The third-order valence-corrected chi connectivity index (χ3v) is 10.1. The van der Waals surface area contributed by atoms with Crippen molar-refractivity contribution in [1.82, 2.24) is 10.0 Å². The van der Waals surface area contributed by atoms with Crippen molar-refractivity contribution in [3.05, 3.63) is 24.3 Å². The van der Waals surface area contributed by atoms with Crippen LogP contribution < -0.4 is 21.5 Å². The minimum atomic E-state index is -3.96. The molecule has 2 amide bonds. The summed E-state index contributed by atoms with van der Waals surface area (Å²) in [6.45, 7) is 0. The molecule has 8 nitrogen and oxygen atoms in total. The van der Waals surface area contributed by atoms with Crippen LogP contribution >= 0.6 is 0 Å². The monoisotopic (exact) mass is 504 g/mol. The Morgan fingerprint density at radius 2 is 1.74 bits per heavy atom. The smallest absolute Gasteiger partial charge is 0.243 e. The van der Waals surface area contributed by atoms with Crippen LogP contribution in [0, 0.1) is 17.8 Å². The molecule has 6 N–H and O–H groups in total. The first-order valence-corrected chi connectivity index (χ1v) is 14.6. The van der Waals surface area contributed by atoms with Crippen molar-refractivity contribution in [2.75, 3.05) is 5.73 Å². The van der Waals surface area contributed by atoms with Gasteiger partial charge in [-0.1, -0.05) is 44.2 Å². The number of carbonyl (C=O) groups is 2. The molecule has 35 heavy (non-hydrogen) atoms. The lowest BCUT2D eigenvalue weighted by Crippen LogP contribution is -2.61. The first-order chi connectivity index (χ1) is 16.7. The van der Waals surface area contributed by atoms with Gasteiger partial charge in [0.2, 0.25) is 21.8 Å². The van der Waals surface area contributed by atoms with Gasteiger partial charge in [-0.25, -0.2) is 8.42 Å². The van der Waals surface area contributed by atoms with E-state index in [-0.39, 0.29) is 28.4 Å². The number of carbonyl (C=O) groups excluding carboxylic acids is 2. The molecule has 1 aromatic rings. The van der Waals surface area contributed by atoms with Gasteiger partial charge in [0.1, 0.15) is 10.4 Å². The number of hydrogen-bond acceptors (Lipinski definition) is 5. The van der Waals surface area contributed by atoms with Crippen LogP contribution in [0.1, 0.15) is 83.5 Å². The Hall–Kier alpha value is -2.13. The van der Waals surface area contributed by atoms with Crippen molar-refractivity contribution in [1.29, 1.82) is 0 Å². The van der Waals surface area contributed by atoms with E-state index in [1.807, 2.05) is 0 Å². The molecule has 4 atom stereocenters. The standard InChI is InChI=1S/C26H40N4O4S/c27-21-9-2-3-10-23(21)35(33,34)30-26(13-4-1-5-14-26)25(32)29-22-17-18-7-6-8-20(22)16-19(15-18)11-12-24(28)31/h2-3,9-10,18-20,22,30H,1,4-8,11-17,27H2,(H2,28,31)(H,29,32)/t18?,19-,20?,22?/m0/s1. The second-order valence-electron chi connectivity index (χ2n) is 11.0. The molecule has 9 heteroatoms. The summed E-state index contributed by atoms with van der Waals surface area (Å²) in [5.74, 6) is 0.833. The summed E-state index contributed by atoms with van der Waals surface area (Å²) in [7, 11) is -3.96. The topological polar surface area (TPSA) is 144 Å². The third-order valence-electron chi connectivity index (χ3n) is 8.44. The maximum atomic E-state index is 13.8. The van der Waals surface area contributed by atoms with Crippen LogP contribution in [0.2, 0.25) is 0 Å². The van der Waals surface area contributed by atoms with Crippen LogP contribution in [0.3, 0.4) is 0 Å². The van der Waals surface area contributed by atoms with E-state index in [1.54, 1.807) is 18.2 Å². The fourth-order valence-electron chi connectivity index (χ4n) is 6.66. The fourth-order valence-corrected chi connectivity index (χ4v) is 8.22. The highest BCUT2D eigenvalue weighted by Gasteiger charge is 2.45. The largest absolute Gasteiger partial charge is 0.398 e. The summed E-state index contributed by atoms with van der Waals surface area (Å²) >= 11 is 0. The van der Waals surface area contributed by atoms with Crippen LogP contribution in [0.4, 0.5) is 5.69 Å². The molecule has 3 fully saturated rings. The van der Waals surface area contributed by atoms with Crippen molar-refractivity contribution in [3.8, 4) is 0 Å². The number of amides is 2. The lowest BCUT2D eigenvalue weighted by molar-refractivity contribution is -0.129. The Bertz CT molecular complexity index is 1020. The Kier molecular flexibility index (Phi) is 8.06. The number of anilines is 1. The highest BCUT2D eigenvalue weighted by atomic mass is 32.2. The van der Waals surface area contributed by atoms with Crippen LogP contribution in [-0.2, 0) is 19.6 Å². The molecule has 194 valence electrons. The van der Waals surface area contributed by atoms with Gasteiger partial charge in [0.25, 0.3) is 0 Å². The minimum Gasteiger partial charge on any atom is -0.398 e. The SMILES string of the molecule is NC(=O)CC[C@H]1CC2CCCC(C1)C(NC(=O)C1(NS(=O)(=O)c3ccccc3N)CCCCC1)C2. The van der Waals surface area contributed by atoms with Gasteiger partial charge in [-0.3, -0.25) is 9.59 Å². The molecule has 0 radical (unpaired) electrons. The van der Waals surface area contributed by atoms with Crippen LogP contribution in [-0.4, -0.2) is 31.8 Å². The molecular formula is C26H40N4O4S.